The van der Waals surface area contributed by atoms with Crippen molar-refractivity contribution in [3.8, 4) is 5.69 Å². The highest BCUT2D eigenvalue weighted by molar-refractivity contribution is 9.11. The molecular weight excluding hydrogens is 362 g/mol. The normalized spacial score (nSPS) is 10.7. The van der Waals surface area contributed by atoms with Crippen molar-refractivity contribution in [3.63, 3.8) is 0 Å². The predicted molar refractivity (Wildman–Crippen MR) is 93.0 cm³/mol. The summed E-state index contributed by atoms with van der Waals surface area (Å²) in [5, 5.41) is 7.45. The van der Waals surface area contributed by atoms with Gasteiger partial charge in [-0.2, -0.15) is 5.10 Å². The highest BCUT2D eigenvalue weighted by Crippen LogP contribution is 2.25. The zero-order valence-corrected chi connectivity index (χ0v) is 14.5. The number of thiophene rings is 1. The van der Waals surface area contributed by atoms with E-state index in [1.54, 1.807) is 6.07 Å². The smallest absolute Gasteiger partial charge is 0.265 e. The van der Waals surface area contributed by atoms with Gasteiger partial charge in [-0.1, -0.05) is 12.1 Å². The van der Waals surface area contributed by atoms with Gasteiger partial charge in [0.25, 0.3) is 5.91 Å². The van der Waals surface area contributed by atoms with Crippen LogP contribution in [0.5, 0.6) is 0 Å². The van der Waals surface area contributed by atoms with Crippen molar-refractivity contribution in [2.75, 3.05) is 5.32 Å². The lowest BCUT2D eigenvalue weighted by molar-refractivity contribution is 0.103. The average Bonchev–Trinajstić information content (AvgIpc) is 3.05. The van der Waals surface area contributed by atoms with Crippen LogP contribution < -0.4 is 5.32 Å². The summed E-state index contributed by atoms with van der Waals surface area (Å²) < 4.78 is 2.78. The molecule has 112 valence electrons. The maximum absolute atomic E-state index is 12.3. The van der Waals surface area contributed by atoms with E-state index in [1.807, 2.05) is 54.9 Å². The van der Waals surface area contributed by atoms with Gasteiger partial charge in [-0.05, 0) is 60.1 Å². The maximum atomic E-state index is 12.3. The van der Waals surface area contributed by atoms with Crippen molar-refractivity contribution in [1.82, 2.24) is 9.78 Å². The van der Waals surface area contributed by atoms with Crippen molar-refractivity contribution >= 4 is 38.9 Å². The minimum Gasteiger partial charge on any atom is -0.319 e. The van der Waals surface area contributed by atoms with Gasteiger partial charge in [0.05, 0.1) is 25.7 Å². The summed E-state index contributed by atoms with van der Waals surface area (Å²) in [6.07, 6.45) is 0. The number of nitrogens with zero attached hydrogens (tertiary/aromatic N) is 2. The first kappa shape index (κ1) is 15.0. The first-order valence-corrected chi connectivity index (χ1v) is 8.35. The quantitative estimate of drug-likeness (QED) is 0.728. The number of hydrogen-bond donors (Lipinski definition) is 1. The number of aromatic nitrogens is 2. The molecule has 1 aromatic carbocycles. The van der Waals surface area contributed by atoms with E-state index in [-0.39, 0.29) is 5.91 Å². The summed E-state index contributed by atoms with van der Waals surface area (Å²) in [6.45, 7) is 3.95. The first-order chi connectivity index (χ1) is 10.5. The van der Waals surface area contributed by atoms with Crippen LogP contribution in [-0.2, 0) is 0 Å². The largest absolute Gasteiger partial charge is 0.319 e. The molecular formula is C16H14BrN3OS. The third kappa shape index (κ3) is 2.98. The van der Waals surface area contributed by atoms with Crippen LogP contribution in [0.15, 0.2) is 46.3 Å². The van der Waals surface area contributed by atoms with Gasteiger partial charge in [-0.25, -0.2) is 4.68 Å². The molecule has 0 aliphatic rings. The molecule has 0 radical (unpaired) electrons. The predicted octanol–water partition coefficient (Wildman–Crippen LogP) is 4.57. The molecule has 1 amide bonds. The van der Waals surface area contributed by atoms with E-state index in [0.29, 0.717) is 4.88 Å². The van der Waals surface area contributed by atoms with Crippen molar-refractivity contribution in [3.05, 3.63) is 62.5 Å². The summed E-state index contributed by atoms with van der Waals surface area (Å²) >= 11 is 4.78. The highest BCUT2D eigenvalue weighted by atomic mass is 79.9. The summed E-state index contributed by atoms with van der Waals surface area (Å²) in [4.78, 5) is 13.0. The Morgan fingerprint density at radius 2 is 2.00 bits per heavy atom. The van der Waals surface area contributed by atoms with Gasteiger partial charge in [0.2, 0.25) is 0 Å². The van der Waals surface area contributed by atoms with E-state index in [9.17, 15) is 4.79 Å². The topological polar surface area (TPSA) is 46.9 Å². The first-order valence-electron chi connectivity index (χ1n) is 6.74. The van der Waals surface area contributed by atoms with E-state index in [2.05, 4.69) is 26.3 Å². The van der Waals surface area contributed by atoms with E-state index < -0.39 is 0 Å². The Hall–Kier alpha value is -1.92. The standard InChI is InChI=1S/C16H14BrN3OS/c1-10-9-11(2)20(19-10)13-6-4-3-5-12(13)18-16(21)14-7-8-15(17)22-14/h3-9H,1-2H3,(H,18,21). The lowest BCUT2D eigenvalue weighted by Gasteiger charge is -2.11. The fourth-order valence-corrected chi connectivity index (χ4v) is 3.54. The Kier molecular flexibility index (Phi) is 4.13. The Morgan fingerprint density at radius 3 is 2.64 bits per heavy atom. The number of carbonyl (C=O) groups is 1. The van der Waals surface area contributed by atoms with E-state index in [0.717, 1.165) is 26.5 Å². The molecule has 0 unspecified atom stereocenters. The fraction of sp³-hybridized carbons (Fsp3) is 0.125. The maximum Gasteiger partial charge on any atom is 0.265 e. The zero-order chi connectivity index (χ0) is 15.7. The number of hydrogen-bond acceptors (Lipinski definition) is 3. The molecule has 0 aliphatic carbocycles. The van der Waals surface area contributed by atoms with Crippen LogP contribution in [0.3, 0.4) is 0 Å². The summed E-state index contributed by atoms with van der Waals surface area (Å²) in [5.74, 6) is -0.121. The Labute approximate surface area is 140 Å². The molecule has 1 N–H and O–H groups in total. The molecule has 0 aliphatic heterocycles. The SMILES string of the molecule is Cc1cc(C)n(-c2ccccc2NC(=O)c2ccc(Br)s2)n1. The van der Waals surface area contributed by atoms with Crippen LogP contribution in [0.1, 0.15) is 21.1 Å². The minimum atomic E-state index is -0.121. The lowest BCUT2D eigenvalue weighted by Crippen LogP contribution is -2.13. The monoisotopic (exact) mass is 375 g/mol. The molecule has 4 nitrogen and oxygen atoms in total. The average molecular weight is 376 g/mol. The number of amides is 1. The number of aryl methyl sites for hydroxylation is 2. The van der Waals surface area contributed by atoms with Crippen molar-refractivity contribution < 1.29 is 4.79 Å². The second-order valence-corrected chi connectivity index (χ2v) is 7.38. The highest BCUT2D eigenvalue weighted by Gasteiger charge is 2.13. The van der Waals surface area contributed by atoms with Gasteiger partial charge < -0.3 is 5.32 Å². The zero-order valence-electron chi connectivity index (χ0n) is 12.1. The van der Waals surface area contributed by atoms with Crippen LogP contribution in [0.25, 0.3) is 5.69 Å². The van der Waals surface area contributed by atoms with Crippen LogP contribution >= 0.6 is 27.3 Å². The van der Waals surface area contributed by atoms with Gasteiger partial charge in [0.1, 0.15) is 0 Å². The Balaban J connectivity index is 1.95. The number of anilines is 1. The number of carbonyl (C=O) groups excluding carboxylic acids is 1. The summed E-state index contributed by atoms with van der Waals surface area (Å²) in [6, 6.07) is 13.3. The van der Waals surface area contributed by atoms with Gasteiger partial charge in [-0.3, -0.25) is 4.79 Å². The van der Waals surface area contributed by atoms with Crippen LogP contribution in [0.4, 0.5) is 5.69 Å². The van der Waals surface area contributed by atoms with Crippen molar-refractivity contribution in [2.24, 2.45) is 0 Å². The molecule has 22 heavy (non-hydrogen) atoms. The van der Waals surface area contributed by atoms with Crippen molar-refractivity contribution in [2.45, 2.75) is 13.8 Å². The number of nitrogens with one attached hydrogen (secondary N) is 1. The number of rotatable bonds is 3. The molecule has 0 saturated carbocycles. The molecule has 0 spiro atoms. The fourth-order valence-electron chi connectivity index (χ4n) is 2.26. The van der Waals surface area contributed by atoms with Gasteiger partial charge in [-0.15, -0.1) is 11.3 Å². The Morgan fingerprint density at radius 1 is 1.23 bits per heavy atom. The number of halogens is 1. The third-order valence-corrected chi connectivity index (χ3v) is 4.81. The van der Waals surface area contributed by atoms with Gasteiger partial charge >= 0.3 is 0 Å². The summed E-state index contributed by atoms with van der Waals surface area (Å²) in [5.41, 5.74) is 3.57. The number of para-hydroxylation sites is 2. The number of benzene rings is 1. The lowest BCUT2D eigenvalue weighted by atomic mass is 10.2. The Bertz CT molecular complexity index is 838. The molecule has 0 fully saturated rings. The molecule has 3 rings (SSSR count). The molecule has 2 heterocycles. The molecule has 0 bridgehead atoms. The molecule has 3 aromatic rings. The third-order valence-electron chi connectivity index (χ3n) is 3.19. The molecule has 0 saturated heterocycles. The second-order valence-electron chi connectivity index (χ2n) is 4.91. The van der Waals surface area contributed by atoms with Gasteiger partial charge in [0.15, 0.2) is 0 Å². The van der Waals surface area contributed by atoms with Crippen LogP contribution in [-0.4, -0.2) is 15.7 Å². The van der Waals surface area contributed by atoms with E-state index in [4.69, 9.17) is 0 Å². The molecule has 0 atom stereocenters. The minimum absolute atomic E-state index is 0.121. The second kappa shape index (κ2) is 6.06. The molecule has 6 heteroatoms. The van der Waals surface area contributed by atoms with E-state index in [1.165, 1.54) is 11.3 Å². The van der Waals surface area contributed by atoms with Gasteiger partial charge in [0, 0.05) is 5.69 Å². The van der Waals surface area contributed by atoms with Crippen LogP contribution in [0, 0.1) is 13.8 Å². The van der Waals surface area contributed by atoms with Crippen molar-refractivity contribution in [1.29, 1.82) is 0 Å². The summed E-state index contributed by atoms with van der Waals surface area (Å²) in [7, 11) is 0. The van der Waals surface area contributed by atoms with Crippen LogP contribution in [0.2, 0.25) is 0 Å². The van der Waals surface area contributed by atoms with E-state index >= 15 is 0 Å². The molecule has 2 aromatic heterocycles.